The molecule has 0 saturated carbocycles. The Morgan fingerprint density at radius 1 is 1.23 bits per heavy atom. The third-order valence-corrected chi connectivity index (χ3v) is 6.79. The van der Waals surface area contributed by atoms with Crippen LogP contribution in [0.1, 0.15) is 20.8 Å². The van der Waals surface area contributed by atoms with E-state index in [1.165, 1.54) is 30.6 Å². The normalized spacial score (nSPS) is 11.5. The fourth-order valence-electron chi connectivity index (χ4n) is 2.96. The molecule has 2 aromatic carbocycles. The third kappa shape index (κ3) is 5.11. The summed E-state index contributed by atoms with van der Waals surface area (Å²) in [6.45, 7) is 3.75. The number of halogens is 1. The van der Waals surface area contributed by atoms with Crippen LogP contribution in [0, 0.1) is 5.82 Å². The summed E-state index contributed by atoms with van der Waals surface area (Å²) in [5.41, 5.74) is 1.58. The number of carbonyl (C=O) groups is 1. The maximum Gasteiger partial charge on any atom is 0.266 e. The molecule has 0 aliphatic carbocycles. The number of anilines is 1. The Bertz CT molecular complexity index is 1170. The summed E-state index contributed by atoms with van der Waals surface area (Å²) >= 11 is 1.20. The van der Waals surface area contributed by atoms with Gasteiger partial charge in [0.15, 0.2) is 0 Å². The second kappa shape index (κ2) is 9.48. The topological polar surface area (TPSA) is 84.5 Å². The monoisotopic (exact) mass is 448 g/mol. The quantitative estimate of drug-likeness (QED) is 0.484. The minimum Gasteiger partial charge on any atom is -0.380 e. The smallest absolute Gasteiger partial charge is 0.266 e. The van der Waals surface area contributed by atoms with Crippen LogP contribution in [0.25, 0.3) is 10.1 Å². The molecule has 0 unspecified atom stereocenters. The van der Waals surface area contributed by atoms with Crippen LogP contribution in [0.3, 0.4) is 0 Å². The molecule has 2 N–H and O–H groups in total. The van der Waals surface area contributed by atoms with Crippen LogP contribution in [-0.2, 0) is 27.1 Å². The maximum atomic E-state index is 14.3. The van der Waals surface area contributed by atoms with Crippen LogP contribution in [0.4, 0.5) is 10.1 Å². The number of benzene rings is 2. The molecule has 6 nitrogen and oxygen atoms in total. The average molecular weight is 449 g/mol. The van der Waals surface area contributed by atoms with Gasteiger partial charge < -0.3 is 10.1 Å². The number of carbonyl (C=O) groups excluding carboxylic acids is 1. The molecular weight excluding hydrogens is 427 g/mol. The highest BCUT2D eigenvalue weighted by molar-refractivity contribution is 7.88. The Labute approximate surface area is 178 Å². The minimum atomic E-state index is -3.46. The number of sulfonamides is 1. The highest BCUT2D eigenvalue weighted by atomic mass is 32.2. The number of hydrogen-bond acceptors (Lipinski definition) is 5. The number of hydrogen-bond donors (Lipinski definition) is 2. The van der Waals surface area contributed by atoms with Gasteiger partial charge in [-0.1, -0.05) is 24.3 Å². The zero-order valence-corrected chi connectivity index (χ0v) is 17.9. The number of fused-ring (bicyclic) bond motifs is 1. The Hall–Kier alpha value is -2.59. The number of ether oxygens (including phenoxy) is 1. The Balaban J connectivity index is 1.79. The molecule has 0 aliphatic heterocycles. The maximum absolute atomic E-state index is 14.3. The molecule has 3 rings (SSSR count). The first kappa shape index (κ1) is 22.1. The summed E-state index contributed by atoms with van der Waals surface area (Å²) in [5, 5.41) is 3.17. The van der Waals surface area contributed by atoms with Crippen molar-refractivity contribution in [3.8, 4) is 0 Å². The van der Waals surface area contributed by atoms with Gasteiger partial charge in [0.2, 0.25) is 10.0 Å². The van der Waals surface area contributed by atoms with Gasteiger partial charge in [0.05, 0.1) is 17.2 Å². The van der Waals surface area contributed by atoms with Crippen molar-refractivity contribution < 1.29 is 22.3 Å². The van der Waals surface area contributed by atoms with Crippen molar-refractivity contribution in [3.05, 3.63) is 76.9 Å². The van der Waals surface area contributed by atoms with Gasteiger partial charge in [-0.2, -0.15) is 0 Å². The lowest BCUT2D eigenvalue weighted by molar-refractivity contribution is 0.102. The summed E-state index contributed by atoms with van der Waals surface area (Å²) < 4.78 is 46.4. The molecule has 30 heavy (non-hydrogen) atoms. The molecule has 0 bridgehead atoms. The van der Waals surface area contributed by atoms with Crippen molar-refractivity contribution in [2.75, 3.05) is 19.0 Å². The predicted molar refractivity (Wildman–Crippen MR) is 118 cm³/mol. The molecule has 3 aromatic rings. The van der Waals surface area contributed by atoms with E-state index >= 15 is 0 Å². The first-order valence-electron chi connectivity index (χ1n) is 9.02. The number of nitrogens with one attached hydrogen (secondary N) is 2. The number of methoxy groups -OCH3 is 1. The molecule has 158 valence electrons. The SMILES string of the molecule is C=CCNS(=O)(=O)Cc1ccc(NC(=O)c2sc3cccc(F)c3c2COC)cc1. The van der Waals surface area contributed by atoms with Gasteiger partial charge in [0.1, 0.15) is 5.82 Å². The van der Waals surface area contributed by atoms with Gasteiger partial charge in [-0.15, -0.1) is 17.9 Å². The van der Waals surface area contributed by atoms with E-state index in [1.54, 1.807) is 36.4 Å². The first-order chi connectivity index (χ1) is 14.3. The summed E-state index contributed by atoms with van der Waals surface area (Å²) in [5.74, 6) is -0.955. The summed E-state index contributed by atoms with van der Waals surface area (Å²) in [6, 6.07) is 11.2. The van der Waals surface area contributed by atoms with Gasteiger partial charge in [-0.05, 0) is 29.8 Å². The lowest BCUT2D eigenvalue weighted by atomic mass is 10.1. The highest BCUT2D eigenvalue weighted by Gasteiger charge is 2.21. The molecule has 0 saturated heterocycles. The van der Waals surface area contributed by atoms with E-state index in [9.17, 15) is 17.6 Å². The highest BCUT2D eigenvalue weighted by Crippen LogP contribution is 2.34. The zero-order valence-electron chi connectivity index (χ0n) is 16.3. The third-order valence-electron chi connectivity index (χ3n) is 4.27. The van der Waals surface area contributed by atoms with E-state index in [-0.39, 0.29) is 24.8 Å². The van der Waals surface area contributed by atoms with Crippen LogP contribution >= 0.6 is 11.3 Å². The standard InChI is InChI=1S/C21H21FN2O4S2/c1-3-11-23-30(26,27)13-14-7-9-15(10-8-14)24-21(25)20-16(12-28-2)19-17(22)5-4-6-18(19)29-20/h3-10,23H,1,11-13H2,2H3,(H,24,25). The summed E-state index contributed by atoms with van der Waals surface area (Å²) in [7, 11) is -1.97. The lowest BCUT2D eigenvalue weighted by Crippen LogP contribution is -2.25. The average Bonchev–Trinajstić information content (AvgIpc) is 3.08. The van der Waals surface area contributed by atoms with Crippen LogP contribution < -0.4 is 10.0 Å². The molecule has 1 amide bonds. The largest absolute Gasteiger partial charge is 0.380 e. The van der Waals surface area contributed by atoms with E-state index in [4.69, 9.17) is 4.74 Å². The van der Waals surface area contributed by atoms with E-state index in [0.717, 1.165) is 0 Å². The van der Waals surface area contributed by atoms with E-state index in [2.05, 4.69) is 16.6 Å². The molecule has 0 spiro atoms. The predicted octanol–water partition coefficient (Wildman–Crippen LogP) is 4.04. The van der Waals surface area contributed by atoms with Gasteiger partial charge in [0.25, 0.3) is 5.91 Å². The Kier molecular flexibility index (Phi) is 6.99. The molecule has 1 heterocycles. The van der Waals surface area contributed by atoms with Crippen LogP contribution in [0.5, 0.6) is 0 Å². The van der Waals surface area contributed by atoms with Gasteiger partial charge in [0, 0.05) is 35.0 Å². The van der Waals surface area contributed by atoms with Gasteiger partial charge >= 0.3 is 0 Å². The molecule has 9 heteroatoms. The summed E-state index contributed by atoms with van der Waals surface area (Å²) in [6.07, 6.45) is 1.47. The van der Waals surface area contributed by atoms with Crippen molar-refractivity contribution >= 4 is 43.0 Å². The first-order valence-corrected chi connectivity index (χ1v) is 11.5. The Morgan fingerprint density at radius 2 is 1.97 bits per heavy atom. The van der Waals surface area contributed by atoms with E-state index in [1.807, 2.05) is 0 Å². The van der Waals surface area contributed by atoms with Crippen LogP contribution in [0.2, 0.25) is 0 Å². The van der Waals surface area contributed by atoms with Crippen molar-refractivity contribution in [2.45, 2.75) is 12.4 Å². The van der Waals surface area contributed by atoms with Crippen LogP contribution in [-0.4, -0.2) is 28.0 Å². The van der Waals surface area contributed by atoms with Crippen molar-refractivity contribution in [3.63, 3.8) is 0 Å². The van der Waals surface area contributed by atoms with Crippen molar-refractivity contribution in [1.82, 2.24) is 4.72 Å². The number of thiophene rings is 1. The molecule has 1 aromatic heterocycles. The second-order valence-corrected chi connectivity index (χ2v) is 9.36. The van der Waals surface area contributed by atoms with Crippen molar-refractivity contribution in [1.29, 1.82) is 0 Å². The van der Waals surface area contributed by atoms with E-state index < -0.39 is 15.8 Å². The minimum absolute atomic E-state index is 0.109. The molecule has 0 aliphatic rings. The zero-order chi connectivity index (χ0) is 21.7. The molecule has 0 atom stereocenters. The molecular formula is C21H21FN2O4S2. The Morgan fingerprint density at radius 3 is 2.63 bits per heavy atom. The fraction of sp³-hybridized carbons (Fsp3) is 0.190. The van der Waals surface area contributed by atoms with E-state index in [0.29, 0.717) is 31.8 Å². The molecule has 0 fully saturated rings. The van der Waals surface area contributed by atoms with Crippen molar-refractivity contribution in [2.24, 2.45) is 0 Å². The molecule has 0 radical (unpaired) electrons. The van der Waals surface area contributed by atoms with Gasteiger partial charge in [-0.3, -0.25) is 4.79 Å². The number of rotatable bonds is 9. The van der Waals surface area contributed by atoms with Gasteiger partial charge in [-0.25, -0.2) is 17.5 Å². The van der Waals surface area contributed by atoms with Crippen LogP contribution in [0.15, 0.2) is 55.1 Å². The lowest BCUT2D eigenvalue weighted by Gasteiger charge is -2.08. The summed E-state index contributed by atoms with van der Waals surface area (Å²) in [4.78, 5) is 13.2. The second-order valence-electron chi connectivity index (χ2n) is 6.50. The number of amides is 1. The fourth-order valence-corrected chi connectivity index (χ4v) is 5.18.